The monoisotopic (exact) mass is 271 g/mol. The number of rotatable bonds is 6. The molecule has 20 heavy (non-hydrogen) atoms. The van der Waals surface area contributed by atoms with Crippen molar-refractivity contribution in [2.24, 2.45) is 0 Å². The Morgan fingerprint density at radius 3 is 2.75 bits per heavy atom. The summed E-state index contributed by atoms with van der Waals surface area (Å²) >= 11 is 0. The van der Waals surface area contributed by atoms with Crippen LogP contribution in [0.15, 0.2) is 36.5 Å². The fourth-order valence-corrected chi connectivity index (χ4v) is 2.22. The van der Waals surface area contributed by atoms with Crippen molar-refractivity contribution in [3.8, 4) is 0 Å². The van der Waals surface area contributed by atoms with Crippen molar-refractivity contribution in [1.29, 1.82) is 0 Å². The van der Waals surface area contributed by atoms with Gasteiger partial charge in [0.25, 0.3) is 0 Å². The normalized spacial score (nSPS) is 14.2. The quantitative estimate of drug-likeness (QED) is 0.860. The molecule has 0 aliphatic rings. The first-order valence-electron chi connectivity index (χ1n) is 7.44. The van der Waals surface area contributed by atoms with Gasteiger partial charge in [0.05, 0.1) is 5.69 Å². The summed E-state index contributed by atoms with van der Waals surface area (Å²) in [5.41, 5.74) is 3.73. The minimum Gasteiger partial charge on any atom is -0.304 e. The van der Waals surface area contributed by atoms with Crippen molar-refractivity contribution in [3.63, 3.8) is 0 Å². The first-order chi connectivity index (χ1) is 9.60. The molecule has 1 unspecified atom stereocenters. The molecule has 0 radical (unpaired) electrons. The number of nitrogens with zero attached hydrogens (tertiary/aromatic N) is 2. The summed E-state index contributed by atoms with van der Waals surface area (Å²) < 4.78 is 2.05. The third-order valence-electron chi connectivity index (χ3n) is 3.84. The highest BCUT2D eigenvalue weighted by atomic mass is 15.3. The molecular weight excluding hydrogens is 246 g/mol. The molecule has 3 heteroatoms. The molecule has 2 rings (SSSR count). The average molecular weight is 271 g/mol. The Kier molecular flexibility index (Phi) is 4.96. The lowest BCUT2D eigenvalue weighted by Crippen LogP contribution is -2.18. The lowest BCUT2D eigenvalue weighted by molar-refractivity contribution is 0.468. The summed E-state index contributed by atoms with van der Waals surface area (Å²) in [7, 11) is 0. The highest BCUT2D eigenvalue weighted by molar-refractivity contribution is 5.24. The Hall–Kier alpha value is -1.61. The Labute approximate surface area is 122 Å². The van der Waals surface area contributed by atoms with E-state index >= 15 is 0 Å². The smallest absolute Gasteiger partial charge is 0.0762 e. The largest absolute Gasteiger partial charge is 0.304 e. The van der Waals surface area contributed by atoms with Crippen LogP contribution in [-0.2, 0) is 6.54 Å². The van der Waals surface area contributed by atoms with E-state index in [9.17, 15) is 0 Å². The van der Waals surface area contributed by atoms with Gasteiger partial charge in [0, 0.05) is 24.8 Å². The zero-order valence-corrected chi connectivity index (χ0v) is 12.9. The molecule has 0 spiro atoms. The Morgan fingerprint density at radius 2 is 2.05 bits per heavy atom. The van der Waals surface area contributed by atoms with Crippen LogP contribution in [0.3, 0.4) is 0 Å². The van der Waals surface area contributed by atoms with Crippen LogP contribution in [0.4, 0.5) is 0 Å². The predicted molar refractivity (Wildman–Crippen MR) is 83.7 cm³/mol. The second-order valence-corrected chi connectivity index (χ2v) is 5.56. The molecule has 1 aromatic carbocycles. The second kappa shape index (κ2) is 6.71. The molecule has 3 nitrogen and oxygen atoms in total. The molecule has 0 aliphatic carbocycles. The van der Waals surface area contributed by atoms with Gasteiger partial charge in [0.15, 0.2) is 0 Å². The Bertz CT molecular complexity index is 545. The molecule has 0 saturated carbocycles. The van der Waals surface area contributed by atoms with Gasteiger partial charge in [-0.1, -0.05) is 36.8 Å². The summed E-state index contributed by atoms with van der Waals surface area (Å²) in [5.74, 6) is 0. The van der Waals surface area contributed by atoms with Gasteiger partial charge >= 0.3 is 0 Å². The molecule has 108 valence electrons. The van der Waals surface area contributed by atoms with Crippen LogP contribution in [0.5, 0.6) is 0 Å². The van der Waals surface area contributed by atoms with E-state index in [1.54, 1.807) is 0 Å². The highest BCUT2D eigenvalue weighted by Gasteiger charge is 2.08. The molecule has 2 aromatic rings. The van der Waals surface area contributed by atoms with Crippen LogP contribution >= 0.6 is 0 Å². The average Bonchev–Trinajstić information content (AvgIpc) is 2.92. The van der Waals surface area contributed by atoms with E-state index in [0.29, 0.717) is 12.1 Å². The Morgan fingerprint density at radius 1 is 1.25 bits per heavy atom. The first-order valence-corrected chi connectivity index (χ1v) is 7.44. The maximum atomic E-state index is 4.62. The summed E-state index contributed by atoms with van der Waals surface area (Å²) in [5, 5.41) is 8.16. The molecule has 1 N–H and O–H groups in total. The van der Waals surface area contributed by atoms with Gasteiger partial charge in [-0.2, -0.15) is 5.10 Å². The molecule has 2 atom stereocenters. The van der Waals surface area contributed by atoms with Crippen molar-refractivity contribution in [1.82, 2.24) is 15.1 Å². The lowest BCUT2D eigenvalue weighted by Gasteiger charge is -2.14. The topological polar surface area (TPSA) is 29.9 Å². The minimum absolute atomic E-state index is 0.337. The second-order valence-electron chi connectivity index (χ2n) is 5.56. The fraction of sp³-hybridized carbons (Fsp3) is 0.471. The van der Waals surface area contributed by atoms with Gasteiger partial charge in [0.1, 0.15) is 0 Å². The number of aryl methyl sites for hydroxylation is 1. The summed E-state index contributed by atoms with van der Waals surface area (Å²) in [6.45, 7) is 9.51. The van der Waals surface area contributed by atoms with Crippen LogP contribution in [-0.4, -0.2) is 9.78 Å². The number of benzene rings is 1. The van der Waals surface area contributed by atoms with Gasteiger partial charge in [0.2, 0.25) is 0 Å². The molecule has 0 saturated heterocycles. The molecule has 1 heterocycles. The van der Waals surface area contributed by atoms with Crippen molar-refractivity contribution >= 4 is 0 Å². The Balaban J connectivity index is 1.93. The predicted octanol–water partition coefficient (Wildman–Crippen LogP) is 4.01. The molecule has 0 fully saturated rings. The van der Waals surface area contributed by atoms with Gasteiger partial charge in [-0.25, -0.2) is 0 Å². The van der Waals surface area contributed by atoms with Crippen molar-refractivity contribution in [2.45, 2.75) is 52.7 Å². The maximum Gasteiger partial charge on any atom is 0.0762 e. The van der Waals surface area contributed by atoms with E-state index in [1.807, 2.05) is 4.68 Å². The number of hydrogen-bond acceptors (Lipinski definition) is 2. The zero-order valence-electron chi connectivity index (χ0n) is 12.9. The summed E-state index contributed by atoms with van der Waals surface area (Å²) in [4.78, 5) is 0. The van der Waals surface area contributed by atoms with Crippen molar-refractivity contribution < 1.29 is 0 Å². The third-order valence-corrected chi connectivity index (χ3v) is 3.84. The zero-order chi connectivity index (χ0) is 14.5. The van der Waals surface area contributed by atoms with Crippen LogP contribution in [0.1, 0.15) is 56.1 Å². The van der Waals surface area contributed by atoms with Crippen LogP contribution < -0.4 is 5.32 Å². The fourth-order valence-electron chi connectivity index (χ4n) is 2.22. The lowest BCUT2D eigenvalue weighted by atomic mass is 10.1. The van der Waals surface area contributed by atoms with Gasteiger partial charge in [-0.15, -0.1) is 0 Å². The van der Waals surface area contributed by atoms with E-state index in [2.05, 4.69) is 74.6 Å². The van der Waals surface area contributed by atoms with E-state index in [1.165, 1.54) is 11.1 Å². The standard InChI is InChI=1S/C17H25N3/c1-5-14(3)20-10-9-17(19-20)12-18-15(4)16-8-6-7-13(2)11-16/h6-11,14-15,18H,5,12H2,1-4H3/t14?,15-/m0/s1. The number of hydrogen-bond donors (Lipinski definition) is 1. The molecule has 1 aromatic heterocycles. The van der Waals surface area contributed by atoms with E-state index in [4.69, 9.17) is 0 Å². The van der Waals surface area contributed by atoms with E-state index < -0.39 is 0 Å². The first kappa shape index (κ1) is 14.8. The molecular formula is C17H25N3. The van der Waals surface area contributed by atoms with Crippen LogP contribution in [0, 0.1) is 6.92 Å². The van der Waals surface area contributed by atoms with E-state index in [0.717, 1.165) is 18.7 Å². The van der Waals surface area contributed by atoms with Gasteiger partial charge in [-0.05, 0) is 38.8 Å². The molecule has 0 bridgehead atoms. The summed E-state index contributed by atoms with van der Waals surface area (Å²) in [6.07, 6.45) is 3.18. The summed E-state index contributed by atoms with van der Waals surface area (Å²) in [6, 6.07) is 11.5. The SMILES string of the molecule is CCC(C)n1ccc(CN[C@@H](C)c2cccc(C)c2)n1. The number of aromatic nitrogens is 2. The van der Waals surface area contributed by atoms with Gasteiger partial charge < -0.3 is 5.32 Å². The molecule has 0 aliphatic heterocycles. The minimum atomic E-state index is 0.337. The van der Waals surface area contributed by atoms with E-state index in [-0.39, 0.29) is 0 Å². The van der Waals surface area contributed by atoms with Gasteiger partial charge in [-0.3, -0.25) is 4.68 Å². The number of nitrogens with one attached hydrogen (secondary N) is 1. The van der Waals surface area contributed by atoms with Crippen molar-refractivity contribution in [2.75, 3.05) is 0 Å². The highest BCUT2D eigenvalue weighted by Crippen LogP contribution is 2.15. The molecule has 0 amide bonds. The van der Waals surface area contributed by atoms with Crippen LogP contribution in [0.2, 0.25) is 0 Å². The maximum absolute atomic E-state index is 4.62. The van der Waals surface area contributed by atoms with Crippen molar-refractivity contribution in [3.05, 3.63) is 53.3 Å². The van der Waals surface area contributed by atoms with Crippen LogP contribution in [0.25, 0.3) is 0 Å². The third kappa shape index (κ3) is 3.70.